The second-order valence-corrected chi connectivity index (χ2v) is 9.04. The lowest BCUT2D eigenvalue weighted by molar-refractivity contribution is -0.136. The Hall–Kier alpha value is -3.52. The molecule has 0 aliphatic carbocycles. The Bertz CT molecular complexity index is 1140. The molecule has 2 aromatic carbocycles. The summed E-state index contributed by atoms with van der Waals surface area (Å²) in [5.74, 6) is -0.815. The van der Waals surface area contributed by atoms with Crippen molar-refractivity contribution in [2.45, 2.75) is 38.3 Å². The van der Waals surface area contributed by atoms with E-state index in [0.717, 1.165) is 29.2 Å². The molecular weight excluding hydrogens is 420 g/mol. The molecule has 170 valence electrons. The van der Waals surface area contributed by atoms with Crippen LogP contribution in [0.2, 0.25) is 0 Å². The van der Waals surface area contributed by atoms with Crippen LogP contribution >= 0.6 is 0 Å². The van der Waals surface area contributed by atoms with E-state index in [2.05, 4.69) is 47.1 Å². The van der Waals surface area contributed by atoms with E-state index in [4.69, 9.17) is 0 Å². The van der Waals surface area contributed by atoms with Crippen LogP contribution in [0.15, 0.2) is 42.5 Å². The van der Waals surface area contributed by atoms with Crippen LogP contribution in [-0.4, -0.2) is 47.7 Å². The molecule has 3 heterocycles. The first-order valence-corrected chi connectivity index (χ1v) is 11.3. The SMILES string of the molecule is C[C@@H]1CNC[C@H]1c1ccc(NCc2ccc3c(c2)C(=O)N(C2CCC(=O)NC2=O)C3=O)cc1. The largest absolute Gasteiger partial charge is 0.381 e. The van der Waals surface area contributed by atoms with Crippen molar-refractivity contribution in [3.63, 3.8) is 0 Å². The fraction of sp³-hybridized carbons (Fsp3) is 0.360. The molecule has 8 nitrogen and oxygen atoms in total. The molecule has 1 unspecified atom stereocenters. The van der Waals surface area contributed by atoms with Gasteiger partial charge in [-0.1, -0.05) is 25.1 Å². The Morgan fingerprint density at radius 2 is 1.73 bits per heavy atom. The fourth-order valence-corrected chi connectivity index (χ4v) is 4.94. The summed E-state index contributed by atoms with van der Waals surface area (Å²) in [6, 6.07) is 12.6. The van der Waals surface area contributed by atoms with Gasteiger partial charge >= 0.3 is 0 Å². The molecule has 0 radical (unpaired) electrons. The quantitative estimate of drug-likeness (QED) is 0.607. The molecule has 0 bridgehead atoms. The summed E-state index contributed by atoms with van der Waals surface area (Å²) in [6.07, 6.45) is 0.254. The summed E-state index contributed by atoms with van der Waals surface area (Å²) in [5, 5.41) is 9.01. The highest BCUT2D eigenvalue weighted by molar-refractivity contribution is 6.23. The van der Waals surface area contributed by atoms with Gasteiger partial charge in [0.25, 0.3) is 11.8 Å². The Kier molecular flexibility index (Phi) is 5.46. The monoisotopic (exact) mass is 446 g/mol. The lowest BCUT2D eigenvalue weighted by Gasteiger charge is -2.27. The van der Waals surface area contributed by atoms with Crippen LogP contribution in [0.25, 0.3) is 0 Å². The van der Waals surface area contributed by atoms with Crippen LogP contribution in [0.3, 0.4) is 0 Å². The number of fused-ring (bicyclic) bond motifs is 1. The molecule has 2 aromatic rings. The van der Waals surface area contributed by atoms with E-state index < -0.39 is 23.8 Å². The van der Waals surface area contributed by atoms with Gasteiger partial charge in [0.1, 0.15) is 6.04 Å². The third-order valence-corrected chi connectivity index (χ3v) is 6.86. The molecule has 2 saturated heterocycles. The minimum Gasteiger partial charge on any atom is -0.381 e. The van der Waals surface area contributed by atoms with Crippen molar-refractivity contribution in [2.75, 3.05) is 18.4 Å². The smallest absolute Gasteiger partial charge is 0.262 e. The van der Waals surface area contributed by atoms with Gasteiger partial charge in [0.15, 0.2) is 0 Å². The molecule has 2 fully saturated rings. The van der Waals surface area contributed by atoms with Gasteiger partial charge < -0.3 is 10.6 Å². The lowest BCUT2D eigenvalue weighted by Crippen LogP contribution is -2.54. The molecule has 3 N–H and O–H groups in total. The Labute approximate surface area is 191 Å². The van der Waals surface area contributed by atoms with E-state index >= 15 is 0 Å². The number of carbonyl (C=O) groups is 4. The maximum absolute atomic E-state index is 13.0. The number of amides is 4. The van der Waals surface area contributed by atoms with Crippen molar-refractivity contribution in [3.05, 3.63) is 64.7 Å². The fourth-order valence-electron chi connectivity index (χ4n) is 4.94. The Morgan fingerprint density at radius 1 is 0.970 bits per heavy atom. The highest BCUT2D eigenvalue weighted by Gasteiger charge is 2.44. The van der Waals surface area contributed by atoms with Gasteiger partial charge in [0, 0.05) is 31.1 Å². The van der Waals surface area contributed by atoms with E-state index in [1.807, 2.05) is 6.07 Å². The van der Waals surface area contributed by atoms with Crippen LogP contribution in [0.5, 0.6) is 0 Å². The third kappa shape index (κ3) is 3.91. The van der Waals surface area contributed by atoms with Crippen molar-refractivity contribution in [3.8, 4) is 0 Å². The predicted molar refractivity (Wildman–Crippen MR) is 122 cm³/mol. The van der Waals surface area contributed by atoms with Gasteiger partial charge in [0.05, 0.1) is 11.1 Å². The maximum Gasteiger partial charge on any atom is 0.262 e. The molecule has 3 aliphatic rings. The van der Waals surface area contributed by atoms with E-state index in [1.54, 1.807) is 12.1 Å². The van der Waals surface area contributed by atoms with Gasteiger partial charge in [0.2, 0.25) is 11.8 Å². The minimum atomic E-state index is -0.951. The molecule has 3 atom stereocenters. The van der Waals surface area contributed by atoms with Crippen molar-refractivity contribution >= 4 is 29.3 Å². The van der Waals surface area contributed by atoms with Gasteiger partial charge in [-0.25, -0.2) is 0 Å². The maximum atomic E-state index is 13.0. The van der Waals surface area contributed by atoms with E-state index in [-0.39, 0.29) is 24.3 Å². The van der Waals surface area contributed by atoms with E-state index in [0.29, 0.717) is 23.9 Å². The number of nitrogens with zero attached hydrogens (tertiary/aromatic N) is 1. The number of anilines is 1. The number of piperidine rings is 1. The third-order valence-electron chi connectivity index (χ3n) is 6.86. The molecule has 3 aliphatic heterocycles. The van der Waals surface area contributed by atoms with Crippen molar-refractivity contribution < 1.29 is 19.2 Å². The number of nitrogens with one attached hydrogen (secondary N) is 3. The number of carbonyl (C=O) groups excluding carboxylic acids is 4. The molecule has 0 saturated carbocycles. The van der Waals surface area contributed by atoms with Crippen LogP contribution in [-0.2, 0) is 16.1 Å². The summed E-state index contributed by atoms with van der Waals surface area (Å²) in [7, 11) is 0. The number of rotatable bonds is 5. The standard InChI is InChI=1S/C25H26N4O4/c1-14-11-26-13-20(14)16-3-5-17(6-4-16)27-12-15-2-7-18-19(10-15)25(33)29(24(18)32)21-8-9-22(30)28-23(21)31/h2-7,10,14,20-21,26-27H,8-9,11-13H2,1H3,(H,28,30,31)/t14-,20-,21?/m1/s1. The number of hydrogen-bond donors (Lipinski definition) is 3. The minimum absolute atomic E-state index is 0.105. The summed E-state index contributed by atoms with van der Waals surface area (Å²) >= 11 is 0. The number of hydrogen-bond acceptors (Lipinski definition) is 6. The zero-order valence-corrected chi connectivity index (χ0v) is 18.4. The number of benzene rings is 2. The molecule has 33 heavy (non-hydrogen) atoms. The zero-order chi connectivity index (χ0) is 23.1. The summed E-state index contributed by atoms with van der Waals surface area (Å²) in [4.78, 5) is 50.4. The highest BCUT2D eigenvalue weighted by atomic mass is 16.2. The highest BCUT2D eigenvalue weighted by Crippen LogP contribution is 2.30. The average molecular weight is 447 g/mol. The van der Waals surface area contributed by atoms with Gasteiger partial charge in [-0.2, -0.15) is 0 Å². The normalized spacial score (nSPS) is 24.8. The topological polar surface area (TPSA) is 108 Å². The summed E-state index contributed by atoms with van der Waals surface area (Å²) < 4.78 is 0. The van der Waals surface area contributed by atoms with Crippen molar-refractivity contribution in [1.29, 1.82) is 0 Å². The van der Waals surface area contributed by atoms with Gasteiger partial charge in [-0.3, -0.25) is 29.4 Å². The average Bonchev–Trinajstić information content (AvgIpc) is 3.34. The second kappa shape index (κ2) is 8.44. The van der Waals surface area contributed by atoms with Crippen molar-refractivity contribution in [1.82, 2.24) is 15.5 Å². The van der Waals surface area contributed by atoms with Crippen LogP contribution in [0.1, 0.15) is 57.5 Å². The molecular formula is C25H26N4O4. The first kappa shape index (κ1) is 21.3. The molecule has 4 amide bonds. The Morgan fingerprint density at radius 3 is 2.42 bits per heavy atom. The molecule has 0 spiro atoms. The first-order chi connectivity index (χ1) is 15.9. The van der Waals surface area contributed by atoms with Gasteiger partial charge in [-0.15, -0.1) is 0 Å². The molecule has 5 rings (SSSR count). The van der Waals surface area contributed by atoms with Crippen LogP contribution in [0, 0.1) is 5.92 Å². The van der Waals surface area contributed by atoms with Gasteiger partial charge in [-0.05, 0) is 54.3 Å². The van der Waals surface area contributed by atoms with E-state index in [1.165, 1.54) is 5.56 Å². The molecule has 8 heteroatoms. The van der Waals surface area contributed by atoms with Crippen molar-refractivity contribution in [2.24, 2.45) is 5.92 Å². The first-order valence-electron chi connectivity index (χ1n) is 11.3. The van der Waals surface area contributed by atoms with Crippen LogP contribution in [0.4, 0.5) is 5.69 Å². The Balaban J connectivity index is 1.27. The van der Waals surface area contributed by atoms with Crippen LogP contribution < -0.4 is 16.0 Å². The molecule has 0 aromatic heterocycles. The summed E-state index contributed by atoms with van der Waals surface area (Å²) in [6.45, 7) is 4.81. The lowest BCUT2D eigenvalue weighted by atomic mass is 9.90. The van der Waals surface area contributed by atoms with E-state index in [9.17, 15) is 19.2 Å². The summed E-state index contributed by atoms with van der Waals surface area (Å²) in [5.41, 5.74) is 3.75. The zero-order valence-electron chi connectivity index (χ0n) is 18.4. The second-order valence-electron chi connectivity index (χ2n) is 9.04. The number of imide groups is 2. The predicted octanol–water partition coefficient (Wildman–Crippen LogP) is 2.02.